The molecule has 7 nitrogen and oxygen atoms in total. The van der Waals surface area contributed by atoms with Crippen molar-refractivity contribution in [3.8, 4) is 0 Å². The molecule has 2 aromatic rings. The predicted molar refractivity (Wildman–Crippen MR) is 108 cm³/mol. The zero-order valence-electron chi connectivity index (χ0n) is 16.0. The molecule has 3 N–H and O–H groups in total. The van der Waals surface area contributed by atoms with Crippen LogP contribution in [0.4, 0.5) is 11.6 Å². The molecular formula is C21H26N6O. The second-order valence-corrected chi connectivity index (χ2v) is 8.09. The van der Waals surface area contributed by atoms with Gasteiger partial charge in [-0.3, -0.25) is 4.79 Å². The number of rotatable bonds is 2. The van der Waals surface area contributed by atoms with Crippen LogP contribution in [0.2, 0.25) is 0 Å². The highest BCUT2D eigenvalue weighted by Crippen LogP contribution is 2.32. The Balaban J connectivity index is 1.28. The number of fused-ring (bicyclic) bond motifs is 2. The third-order valence-electron chi connectivity index (χ3n) is 6.39. The lowest BCUT2D eigenvalue weighted by molar-refractivity contribution is -0.138. The number of aromatic nitrogens is 2. The Hall–Kier alpha value is -2.67. The summed E-state index contributed by atoms with van der Waals surface area (Å²) in [5.41, 5.74) is 9.64. The second-order valence-electron chi connectivity index (χ2n) is 8.09. The van der Waals surface area contributed by atoms with Crippen LogP contribution < -0.4 is 16.0 Å². The summed E-state index contributed by atoms with van der Waals surface area (Å²) in [6.45, 7) is 3.82. The van der Waals surface area contributed by atoms with Gasteiger partial charge in [-0.1, -0.05) is 24.3 Å². The Morgan fingerprint density at radius 1 is 1.07 bits per heavy atom. The standard InChI is InChI=1S/C21H26N6O/c22-21(20(28)27-10-6-15-3-1-2-4-16(15)13-27)7-11-26(12-8-21)19-17-5-9-23-18(17)24-14-25-19/h1-4,14H,5-13,22H2,(H,23,24,25). The van der Waals surface area contributed by atoms with E-state index >= 15 is 0 Å². The maximum absolute atomic E-state index is 13.3. The molecule has 0 atom stereocenters. The second kappa shape index (κ2) is 6.74. The summed E-state index contributed by atoms with van der Waals surface area (Å²) in [5, 5.41) is 3.30. The first kappa shape index (κ1) is 17.4. The topological polar surface area (TPSA) is 87.4 Å². The van der Waals surface area contributed by atoms with Crippen molar-refractivity contribution in [3.05, 3.63) is 47.3 Å². The summed E-state index contributed by atoms with van der Waals surface area (Å²) in [6.07, 6.45) is 4.77. The van der Waals surface area contributed by atoms with Crippen LogP contribution in [0.15, 0.2) is 30.6 Å². The van der Waals surface area contributed by atoms with E-state index in [1.807, 2.05) is 11.0 Å². The Labute approximate surface area is 164 Å². The molecule has 0 unspecified atom stereocenters. The van der Waals surface area contributed by atoms with Gasteiger partial charge in [-0.25, -0.2) is 9.97 Å². The van der Waals surface area contributed by atoms with Crippen molar-refractivity contribution in [2.24, 2.45) is 5.73 Å². The zero-order valence-corrected chi connectivity index (χ0v) is 16.0. The molecule has 1 aromatic heterocycles. The molecule has 0 spiro atoms. The van der Waals surface area contributed by atoms with E-state index in [1.54, 1.807) is 6.33 Å². The highest BCUT2D eigenvalue weighted by atomic mass is 16.2. The third kappa shape index (κ3) is 2.90. The van der Waals surface area contributed by atoms with Crippen LogP contribution in [0, 0.1) is 0 Å². The number of hydrogen-bond acceptors (Lipinski definition) is 6. The minimum Gasteiger partial charge on any atom is -0.369 e. The number of piperidine rings is 1. The Bertz CT molecular complexity index is 906. The molecular weight excluding hydrogens is 352 g/mol. The predicted octanol–water partition coefficient (Wildman–Crippen LogP) is 1.33. The monoisotopic (exact) mass is 378 g/mol. The van der Waals surface area contributed by atoms with Crippen molar-refractivity contribution in [2.45, 2.75) is 37.8 Å². The molecule has 4 heterocycles. The molecule has 1 fully saturated rings. The van der Waals surface area contributed by atoms with Crippen LogP contribution in [0.25, 0.3) is 0 Å². The van der Waals surface area contributed by atoms with E-state index in [0.717, 1.165) is 50.7 Å². The van der Waals surface area contributed by atoms with Gasteiger partial charge >= 0.3 is 0 Å². The van der Waals surface area contributed by atoms with Crippen LogP contribution in [-0.4, -0.2) is 52.5 Å². The first-order valence-corrected chi connectivity index (χ1v) is 10.1. The molecule has 1 amide bonds. The van der Waals surface area contributed by atoms with E-state index < -0.39 is 5.54 Å². The smallest absolute Gasteiger partial charge is 0.243 e. The molecule has 0 bridgehead atoms. The van der Waals surface area contributed by atoms with E-state index in [9.17, 15) is 4.79 Å². The fourth-order valence-electron chi connectivity index (χ4n) is 4.68. The summed E-state index contributed by atoms with van der Waals surface area (Å²) < 4.78 is 0. The fraction of sp³-hybridized carbons (Fsp3) is 0.476. The van der Waals surface area contributed by atoms with Crippen LogP contribution in [0.1, 0.15) is 29.5 Å². The number of benzene rings is 1. The summed E-state index contributed by atoms with van der Waals surface area (Å²) >= 11 is 0. The molecule has 28 heavy (non-hydrogen) atoms. The van der Waals surface area contributed by atoms with Gasteiger partial charge in [-0.05, 0) is 36.8 Å². The first-order valence-electron chi connectivity index (χ1n) is 10.1. The molecule has 3 aliphatic rings. The van der Waals surface area contributed by atoms with Crippen LogP contribution in [0.3, 0.4) is 0 Å². The molecule has 0 saturated carbocycles. The fourth-order valence-corrected chi connectivity index (χ4v) is 4.68. The van der Waals surface area contributed by atoms with Gasteiger partial charge in [0.05, 0.1) is 5.54 Å². The number of amides is 1. The molecule has 146 valence electrons. The molecule has 1 saturated heterocycles. The number of hydrogen-bond donors (Lipinski definition) is 2. The highest BCUT2D eigenvalue weighted by molar-refractivity contribution is 5.87. The Morgan fingerprint density at radius 2 is 1.86 bits per heavy atom. The van der Waals surface area contributed by atoms with E-state index in [4.69, 9.17) is 5.73 Å². The number of nitrogens with zero attached hydrogens (tertiary/aromatic N) is 4. The highest BCUT2D eigenvalue weighted by Gasteiger charge is 2.41. The van der Waals surface area contributed by atoms with E-state index in [1.165, 1.54) is 16.7 Å². The molecule has 7 heteroatoms. The number of carbonyl (C=O) groups is 1. The number of carbonyl (C=O) groups excluding carboxylic acids is 1. The van der Waals surface area contributed by atoms with Gasteiger partial charge < -0.3 is 20.9 Å². The first-order chi connectivity index (χ1) is 13.6. The lowest BCUT2D eigenvalue weighted by Crippen LogP contribution is -2.61. The van der Waals surface area contributed by atoms with Gasteiger partial charge in [0.25, 0.3) is 0 Å². The van der Waals surface area contributed by atoms with Crippen molar-refractivity contribution in [1.29, 1.82) is 0 Å². The number of nitrogens with one attached hydrogen (secondary N) is 1. The van der Waals surface area contributed by atoms with Gasteiger partial charge in [0.2, 0.25) is 5.91 Å². The molecule has 5 rings (SSSR count). The lowest BCUT2D eigenvalue weighted by Gasteiger charge is -2.42. The largest absolute Gasteiger partial charge is 0.369 e. The SMILES string of the molecule is NC1(C(=O)N2CCc3ccccc3C2)CCN(c2ncnc3c2CCN3)CC1. The van der Waals surface area contributed by atoms with Crippen molar-refractivity contribution in [2.75, 3.05) is 36.4 Å². The number of nitrogens with two attached hydrogens (primary N) is 1. The minimum absolute atomic E-state index is 0.0937. The van der Waals surface area contributed by atoms with Crippen LogP contribution >= 0.6 is 0 Å². The average molecular weight is 378 g/mol. The third-order valence-corrected chi connectivity index (χ3v) is 6.39. The Morgan fingerprint density at radius 3 is 2.68 bits per heavy atom. The summed E-state index contributed by atoms with van der Waals surface area (Å²) in [5.74, 6) is 2.03. The summed E-state index contributed by atoms with van der Waals surface area (Å²) in [4.78, 5) is 26.3. The maximum Gasteiger partial charge on any atom is 0.243 e. The maximum atomic E-state index is 13.3. The zero-order chi connectivity index (χ0) is 19.1. The molecule has 3 aliphatic heterocycles. The Kier molecular flexibility index (Phi) is 4.19. The van der Waals surface area contributed by atoms with Crippen molar-refractivity contribution in [1.82, 2.24) is 14.9 Å². The van der Waals surface area contributed by atoms with Crippen molar-refractivity contribution < 1.29 is 4.79 Å². The molecule has 0 aliphatic carbocycles. The molecule has 0 radical (unpaired) electrons. The van der Waals surface area contributed by atoms with E-state index in [2.05, 4.69) is 38.4 Å². The quantitative estimate of drug-likeness (QED) is 0.820. The number of anilines is 2. The summed E-state index contributed by atoms with van der Waals surface area (Å²) in [6, 6.07) is 8.38. The minimum atomic E-state index is -0.781. The van der Waals surface area contributed by atoms with Crippen molar-refractivity contribution >= 4 is 17.5 Å². The molecule has 1 aromatic carbocycles. The lowest BCUT2D eigenvalue weighted by atomic mass is 9.86. The van der Waals surface area contributed by atoms with Gasteiger partial charge in [-0.2, -0.15) is 0 Å². The summed E-state index contributed by atoms with van der Waals surface area (Å²) in [7, 11) is 0. The average Bonchev–Trinajstić information content (AvgIpc) is 3.22. The van der Waals surface area contributed by atoms with Crippen LogP contribution in [-0.2, 0) is 24.2 Å². The van der Waals surface area contributed by atoms with Crippen LogP contribution in [0.5, 0.6) is 0 Å². The van der Waals surface area contributed by atoms with E-state index in [-0.39, 0.29) is 5.91 Å². The van der Waals surface area contributed by atoms with E-state index in [0.29, 0.717) is 19.4 Å². The van der Waals surface area contributed by atoms with Crippen molar-refractivity contribution in [3.63, 3.8) is 0 Å². The van der Waals surface area contributed by atoms with Gasteiger partial charge in [-0.15, -0.1) is 0 Å². The van der Waals surface area contributed by atoms with Gasteiger partial charge in [0.1, 0.15) is 18.0 Å². The normalized spacial score (nSPS) is 20.3. The van der Waals surface area contributed by atoms with Gasteiger partial charge in [0.15, 0.2) is 0 Å². The van der Waals surface area contributed by atoms with Gasteiger partial charge in [0, 0.05) is 38.3 Å².